The van der Waals surface area contributed by atoms with E-state index in [2.05, 4.69) is 5.32 Å². The second-order valence-electron chi connectivity index (χ2n) is 5.54. The summed E-state index contributed by atoms with van der Waals surface area (Å²) in [6, 6.07) is 9.13. The molecule has 2 heterocycles. The van der Waals surface area contributed by atoms with Gasteiger partial charge in [0.2, 0.25) is 0 Å². The SMILES string of the molecule is O=C(Nc1cccc(F)c1)N(Cc1ccco1)CC1CCCO1. The average Bonchev–Trinajstić information content (AvgIpc) is 3.20. The zero-order chi connectivity index (χ0) is 16.1. The molecule has 0 aliphatic carbocycles. The molecule has 122 valence electrons. The van der Waals surface area contributed by atoms with Gasteiger partial charge >= 0.3 is 6.03 Å². The number of hydrogen-bond donors (Lipinski definition) is 1. The van der Waals surface area contributed by atoms with Crippen LogP contribution in [0.3, 0.4) is 0 Å². The number of nitrogens with one attached hydrogen (secondary N) is 1. The summed E-state index contributed by atoms with van der Waals surface area (Å²) >= 11 is 0. The molecule has 1 saturated heterocycles. The molecule has 1 unspecified atom stereocenters. The maximum Gasteiger partial charge on any atom is 0.322 e. The first-order valence-corrected chi connectivity index (χ1v) is 7.66. The molecule has 23 heavy (non-hydrogen) atoms. The maximum atomic E-state index is 13.3. The first-order chi connectivity index (χ1) is 11.2. The minimum absolute atomic E-state index is 0.0308. The van der Waals surface area contributed by atoms with Crippen LogP contribution < -0.4 is 5.32 Å². The Balaban J connectivity index is 1.68. The van der Waals surface area contributed by atoms with Crippen LogP contribution in [-0.2, 0) is 11.3 Å². The molecule has 2 aromatic rings. The van der Waals surface area contributed by atoms with Crippen LogP contribution in [0.15, 0.2) is 47.1 Å². The van der Waals surface area contributed by atoms with Gasteiger partial charge in [0, 0.05) is 18.8 Å². The molecule has 2 amide bonds. The number of carbonyl (C=O) groups is 1. The Bertz CT molecular complexity index is 639. The van der Waals surface area contributed by atoms with Gasteiger partial charge < -0.3 is 19.4 Å². The minimum atomic E-state index is -0.389. The van der Waals surface area contributed by atoms with E-state index >= 15 is 0 Å². The maximum absolute atomic E-state index is 13.3. The van der Waals surface area contributed by atoms with E-state index < -0.39 is 0 Å². The van der Waals surface area contributed by atoms with E-state index in [0.717, 1.165) is 19.4 Å². The summed E-state index contributed by atoms with van der Waals surface area (Å²) in [6.07, 6.45) is 3.54. The molecule has 1 N–H and O–H groups in total. The van der Waals surface area contributed by atoms with Crippen LogP contribution in [0.5, 0.6) is 0 Å². The molecule has 0 spiro atoms. The summed E-state index contributed by atoms with van der Waals surface area (Å²) in [5.41, 5.74) is 0.423. The molecule has 0 saturated carbocycles. The zero-order valence-corrected chi connectivity index (χ0v) is 12.7. The lowest BCUT2D eigenvalue weighted by Gasteiger charge is -2.25. The Labute approximate surface area is 134 Å². The van der Waals surface area contributed by atoms with Gasteiger partial charge in [-0.25, -0.2) is 9.18 Å². The number of ether oxygens (including phenoxy) is 1. The smallest absolute Gasteiger partial charge is 0.322 e. The number of hydrogen-bond acceptors (Lipinski definition) is 3. The second kappa shape index (κ2) is 7.28. The van der Waals surface area contributed by atoms with Crippen LogP contribution in [-0.4, -0.2) is 30.2 Å². The fourth-order valence-electron chi connectivity index (χ4n) is 2.61. The Morgan fingerprint density at radius 3 is 2.96 bits per heavy atom. The number of carbonyl (C=O) groups excluding carboxylic acids is 1. The fraction of sp³-hybridized carbons (Fsp3) is 0.353. The van der Waals surface area contributed by atoms with Crippen molar-refractivity contribution >= 4 is 11.7 Å². The molecule has 5 nitrogen and oxygen atoms in total. The van der Waals surface area contributed by atoms with Gasteiger partial charge in [0.15, 0.2) is 0 Å². The normalized spacial score (nSPS) is 17.2. The third-order valence-electron chi connectivity index (χ3n) is 3.74. The molecule has 1 aliphatic heterocycles. The summed E-state index contributed by atoms with van der Waals surface area (Å²) < 4.78 is 24.2. The van der Waals surface area contributed by atoms with E-state index in [1.807, 2.05) is 6.07 Å². The van der Waals surface area contributed by atoms with E-state index in [9.17, 15) is 9.18 Å². The Morgan fingerprint density at radius 2 is 2.26 bits per heavy atom. The van der Waals surface area contributed by atoms with Gasteiger partial charge in [0.05, 0.1) is 18.9 Å². The van der Waals surface area contributed by atoms with E-state index in [1.54, 1.807) is 29.4 Å². The first-order valence-electron chi connectivity index (χ1n) is 7.66. The van der Waals surface area contributed by atoms with Gasteiger partial charge in [0.25, 0.3) is 0 Å². The quantitative estimate of drug-likeness (QED) is 0.916. The Hall–Kier alpha value is -2.34. The van der Waals surface area contributed by atoms with Crippen molar-refractivity contribution in [3.05, 3.63) is 54.2 Å². The molecule has 1 aliphatic rings. The molecular formula is C17H19FN2O3. The van der Waals surface area contributed by atoms with Gasteiger partial charge in [-0.3, -0.25) is 0 Å². The number of rotatable bonds is 5. The number of benzene rings is 1. The van der Waals surface area contributed by atoms with Crippen molar-refractivity contribution < 1.29 is 18.3 Å². The monoisotopic (exact) mass is 318 g/mol. The van der Waals surface area contributed by atoms with Crippen LogP contribution in [0.1, 0.15) is 18.6 Å². The van der Waals surface area contributed by atoms with Crippen LogP contribution in [0, 0.1) is 5.82 Å². The molecule has 6 heteroatoms. The number of amides is 2. The number of urea groups is 1. The van der Waals surface area contributed by atoms with Crippen molar-refractivity contribution in [3.63, 3.8) is 0 Å². The number of furan rings is 1. The Morgan fingerprint density at radius 1 is 1.35 bits per heavy atom. The number of nitrogens with zero attached hydrogens (tertiary/aromatic N) is 1. The number of anilines is 1. The summed E-state index contributed by atoms with van der Waals surface area (Å²) in [4.78, 5) is 14.2. The van der Waals surface area contributed by atoms with E-state index in [-0.39, 0.29) is 18.0 Å². The van der Waals surface area contributed by atoms with Gasteiger partial charge in [0.1, 0.15) is 11.6 Å². The van der Waals surface area contributed by atoms with Crippen molar-refractivity contribution in [2.24, 2.45) is 0 Å². The standard InChI is InChI=1S/C17H19FN2O3/c18-13-4-1-5-14(10-13)19-17(21)20(11-15-6-2-8-22-15)12-16-7-3-9-23-16/h1-2,4-6,8,10,16H,3,7,9,11-12H2,(H,19,21). The minimum Gasteiger partial charge on any atom is -0.467 e. The topological polar surface area (TPSA) is 54.7 Å². The highest BCUT2D eigenvalue weighted by Crippen LogP contribution is 2.17. The highest BCUT2D eigenvalue weighted by molar-refractivity contribution is 5.89. The molecular weight excluding hydrogens is 299 g/mol. The van der Waals surface area contributed by atoms with Crippen molar-refractivity contribution in [3.8, 4) is 0 Å². The molecule has 1 atom stereocenters. The lowest BCUT2D eigenvalue weighted by Crippen LogP contribution is -2.39. The van der Waals surface area contributed by atoms with Crippen LogP contribution >= 0.6 is 0 Å². The van der Waals surface area contributed by atoms with Crippen molar-refractivity contribution in [2.75, 3.05) is 18.5 Å². The summed E-state index contributed by atoms with van der Waals surface area (Å²) in [5.74, 6) is 0.303. The Kier molecular flexibility index (Phi) is 4.92. The highest BCUT2D eigenvalue weighted by atomic mass is 19.1. The molecule has 0 bridgehead atoms. The molecule has 1 fully saturated rings. The highest BCUT2D eigenvalue weighted by Gasteiger charge is 2.23. The number of halogens is 1. The van der Waals surface area contributed by atoms with Crippen molar-refractivity contribution in [1.29, 1.82) is 0 Å². The van der Waals surface area contributed by atoms with Crippen LogP contribution in [0.2, 0.25) is 0 Å². The molecule has 3 rings (SSSR count). The second-order valence-corrected chi connectivity index (χ2v) is 5.54. The lowest BCUT2D eigenvalue weighted by molar-refractivity contribution is 0.0803. The third-order valence-corrected chi connectivity index (χ3v) is 3.74. The van der Waals surface area contributed by atoms with E-state index in [4.69, 9.17) is 9.15 Å². The first kappa shape index (κ1) is 15.6. The van der Waals surface area contributed by atoms with E-state index in [1.165, 1.54) is 12.1 Å². The fourth-order valence-corrected chi connectivity index (χ4v) is 2.61. The molecule has 1 aromatic heterocycles. The predicted molar refractivity (Wildman–Crippen MR) is 83.5 cm³/mol. The molecule has 1 aromatic carbocycles. The van der Waals surface area contributed by atoms with Crippen molar-refractivity contribution in [2.45, 2.75) is 25.5 Å². The van der Waals surface area contributed by atoms with Crippen LogP contribution in [0.25, 0.3) is 0 Å². The zero-order valence-electron chi connectivity index (χ0n) is 12.7. The van der Waals surface area contributed by atoms with Crippen molar-refractivity contribution in [1.82, 2.24) is 4.90 Å². The van der Waals surface area contributed by atoms with E-state index in [0.29, 0.717) is 24.5 Å². The summed E-state index contributed by atoms with van der Waals surface area (Å²) in [5, 5.41) is 2.72. The molecule has 0 radical (unpaired) electrons. The van der Waals surface area contributed by atoms with Crippen LogP contribution in [0.4, 0.5) is 14.9 Å². The third kappa shape index (κ3) is 4.32. The van der Waals surface area contributed by atoms with Gasteiger partial charge in [-0.1, -0.05) is 6.07 Å². The predicted octanol–water partition coefficient (Wildman–Crippen LogP) is 3.63. The lowest BCUT2D eigenvalue weighted by atomic mass is 10.2. The van der Waals surface area contributed by atoms with Gasteiger partial charge in [-0.2, -0.15) is 0 Å². The van der Waals surface area contributed by atoms with Gasteiger partial charge in [-0.15, -0.1) is 0 Å². The summed E-state index contributed by atoms with van der Waals surface area (Å²) in [6.45, 7) is 1.54. The average molecular weight is 318 g/mol. The largest absolute Gasteiger partial charge is 0.467 e. The van der Waals surface area contributed by atoms with Gasteiger partial charge in [-0.05, 0) is 43.2 Å². The summed E-state index contributed by atoms with van der Waals surface area (Å²) in [7, 11) is 0.